The largest absolute Gasteiger partial charge is 0.364 e. The topological polar surface area (TPSA) is 41.3 Å². The number of nitrogens with zero attached hydrogens (tertiary/aromatic N) is 2. The van der Waals surface area contributed by atoms with Crippen molar-refractivity contribution in [1.29, 1.82) is 0 Å². The molecule has 3 rings (SSSR count). The van der Waals surface area contributed by atoms with E-state index >= 15 is 0 Å². The van der Waals surface area contributed by atoms with Crippen molar-refractivity contribution < 1.29 is 4.52 Å². The number of nitrogens with one attached hydrogen (secondary N) is 1. The molecule has 1 aromatic carbocycles. The summed E-state index contributed by atoms with van der Waals surface area (Å²) >= 11 is 0. The third-order valence-corrected chi connectivity index (χ3v) is 3.39. The van der Waals surface area contributed by atoms with Crippen molar-refractivity contribution in [3.05, 3.63) is 53.9 Å². The van der Waals surface area contributed by atoms with Crippen LogP contribution in [-0.4, -0.2) is 29.7 Å². The number of hydrogen-bond acceptors (Lipinski definition) is 4. The van der Waals surface area contributed by atoms with Crippen LogP contribution in [0.1, 0.15) is 17.3 Å². The first-order chi connectivity index (χ1) is 8.93. The average molecular weight is 243 g/mol. The fourth-order valence-electron chi connectivity index (χ4n) is 2.47. The van der Waals surface area contributed by atoms with Gasteiger partial charge in [0.15, 0.2) is 0 Å². The van der Waals surface area contributed by atoms with Gasteiger partial charge in [0, 0.05) is 38.3 Å². The Kier molecular flexibility index (Phi) is 3.39. The molecule has 1 fully saturated rings. The lowest BCUT2D eigenvalue weighted by Crippen LogP contribution is -2.45. The van der Waals surface area contributed by atoms with Gasteiger partial charge >= 0.3 is 0 Å². The van der Waals surface area contributed by atoms with Gasteiger partial charge < -0.3 is 9.84 Å². The van der Waals surface area contributed by atoms with Gasteiger partial charge in [-0.05, 0) is 5.56 Å². The van der Waals surface area contributed by atoms with Crippen LogP contribution in [0.25, 0.3) is 0 Å². The summed E-state index contributed by atoms with van der Waals surface area (Å²) in [5.74, 6) is 0. The van der Waals surface area contributed by atoms with Crippen molar-refractivity contribution in [3.63, 3.8) is 0 Å². The van der Waals surface area contributed by atoms with E-state index in [2.05, 4.69) is 45.7 Å². The highest BCUT2D eigenvalue weighted by Crippen LogP contribution is 2.23. The van der Waals surface area contributed by atoms with Gasteiger partial charge in [-0.1, -0.05) is 35.5 Å². The van der Waals surface area contributed by atoms with Crippen molar-refractivity contribution in [3.8, 4) is 0 Å². The Bertz CT molecular complexity index is 469. The summed E-state index contributed by atoms with van der Waals surface area (Å²) in [7, 11) is 0. The molecule has 0 spiro atoms. The fraction of sp³-hybridized carbons (Fsp3) is 0.357. The van der Waals surface area contributed by atoms with E-state index in [0.717, 1.165) is 31.9 Å². The van der Waals surface area contributed by atoms with E-state index in [1.165, 1.54) is 5.56 Å². The normalized spacial score (nSPS) is 21.0. The summed E-state index contributed by atoms with van der Waals surface area (Å²) in [6, 6.07) is 13.0. The summed E-state index contributed by atoms with van der Waals surface area (Å²) in [5, 5.41) is 7.46. The third-order valence-electron chi connectivity index (χ3n) is 3.39. The van der Waals surface area contributed by atoms with Crippen molar-refractivity contribution in [2.75, 3.05) is 19.6 Å². The molecule has 94 valence electrons. The van der Waals surface area contributed by atoms with Crippen LogP contribution < -0.4 is 5.32 Å². The summed E-state index contributed by atoms with van der Waals surface area (Å²) in [5.41, 5.74) is 2.35. The molecule has 4 heteroatoms. The lowest BCUT2D eigenvalue weighted by molar-refractivity contribution is 0.150. The highest BCUT2D eigenvalue weighted by atomic mass is 16.5. The second-order valence-electron chi connectivity index (χ2n) is 4.59. The van der Waals surface area contributed by atoms with Crippen LogP contribution in [-0.2, 0) is 6.54 Å². The molecular formula is C14H17N3O. The molecule has 0 aliphatic carbocycles. The maximum Gasteiger partial charge on any atom is 0.124 e. The average Bonchev–Trinajstić information content (AvgIpc) is 2.93. The van der Waals surface area contributed by atoms with Crippen LogP contribution in [0.5, 0.6) is 0 Å². The molecule has 0 bridgehead atoms. The maximum absolute atomic E-state index is 4.90. The van der Waals surface area contributed by atoms with Gasteiger partial charge in [0.1, 0.15) is 6.26 Å². The molecule has 1 saturated heterocycles. The number of benzene rings is 1. The molecule has 1 unspecified atom stereocenters. The SMILES string of the molecule is c1ccc(C2CNCCN2Cc2ccon2)cc1. The van der Waals surface area contributed by atoms with Crippen LogP contribution in [0.15, 0.2) is 47.2 Å². The molecule has 0 saturated carbocycles. The second-order valence-corrected chi connectivity index (χ2v) is 4.59. The minimum absolute atomic E-state index is 0.414. The van der Waals surface area contributed by atoms with E-state index in [-0.39, 0.29) is 0 Å². The molecule has 18 heavy (non-hydrogen) atoms. The number of piperazine rings is 1. The molecule has 1 aromatic heterocycles. The second kappa shape index (κ2) is 5.33. The molecule has 2 aromatic rings. The molecule has 4 nitrogen and oxygen atoms in total. The van der Waals surface area contributed by atoms with E-state index in [1.54, 1.807) is 6.26 Å². The number of rotatable bonds is 3. The lowest BCUT2D eigenvalue weighted by atomic mass is 10.0. The highest BCUT2D eigenvalue weighted by Gasteiger charge is 2.24. The summed E-state index contributed by atoms with van der Waals surface area (Å²) in [4.78, 5) is 2.45. The zero-order chi connectivity index (χ0) is 12.2. The first-order valence-corrected chi connectivity index (χ1v) is 6.32. The van der Waals surface area contributed by atoms with Crippen LogP contribution in [0.4, 0.5) is 0 Å². The monoisotopic (exact) mass is 243 g/mol. The van der Waals surface area contributed by atoms with Gasteiger partial charge in [0.05, 0.1) is 5.69 Å². The van der Waals surface area contributed by atoms with E-state index in [4.69, 9.17) is 4.52 Å². The van der Waals surface area contributed by atoms with Crippen LogP contribution in [0, 0.1) is 0 Å². The van der Waals surface area contributed by atoms with Gasteiger partial charge in [-0.25, -0.2) is 0 Å². The van der Waals surface area contributed by atoms with Gasteiger partial charge in [0.25, 0.3) is 0 Å². The van der Waals surface area contributed by atoms with Crippen molar-refractivity contribution in [1.82, 2.24) is 15.4 Å². The standard InChI is InChI=1S/C14H17N3O/c1-2-4-12(5-3-1)14-10-15-7-8-17(14)11-13-6-9-18-16-13/h1-6,9,14-15H,7-8,10-11H2. The van der Waals surface area contributed by atoms with E-state index < -0.39 is 0 Å². The van der Waals surface area contributed by atoms with Crippen molar-refractivity contribution in [2.24, 2.45) is 0 Å². The van der Waals surface area contributed by atoms with Gasteiger partial charge in [-0.15, -0.1) is 0 Å². The van der Waals surface area contributed by atoms with Crippen molar-refractivity contribution >= 4 is 0 Å². The van der Waals surface area contributed by atoms with E-state index in [0.29, 0.717) is 6.04 Å². The Morgan fingerprint density at radius 2 is 2.17 bits per heavy atom. The first kappa shape index (κ1) is 11.4. The fourth-order valence-corrected chi connectivity index (χ4v) is 2.47. The van der Waals surface area contributed by atoms with Crippen LogP contribution in [0.2, 0.25) is 0 Å². The van der Waals surface area contributed by atoms with Gasteiger partial charge in [-0.2, -0.15) is 0 Å². The van der Waals surface area contributed by atoms with Crippen molar-refractivity contribution in [2.45, 2.75) is 12.6 Å². The van der Waals surface area contributed by atoms with Gasteiger partial charge in [-0.3, -0.25) is 4.90 Å². The minimum Gasteiger partial charge on any atom is -0.364 e. The lowest BCUT2D eigenvalue weighted by Gasteiger charge is -2.35. The van der Waals surface area contributed by atoms with Gasteiger partial charge in [0.2, 0.25) is 0 Å². The van der Waals surface area contributed by atoms with Crippen LogP contribution in [0.3, 0.4) is 0 Å². The summed E-state index contributed by atoms with van der Waals surface area (Å²) in [6.45, 7) is 3.90. The smallest absolute Gasteiger partial charge is 0.124 e. The number of hydrogen-bond donors (Lipinski definition) is 1. The van der Waals surface area contributed by atoms with Crippen LogP contribution >= 0.6 is 0 Å². The summed E-state index contributed by atoms with van der Waals surface area (Å²) < 4.78 is 4.90. The Hall–Kier alpha value is -1.65. The molecule has 1 N–H and O–H groups in total. The number of aromatic nitrogens is 1. The minimum atomic E-state index is 0.414. The van der Waals surface area contributed by atoms with E-state index in [9.17, 15) is 0 Å². The predicted octanol–water partition coefficient (Wildman–Crippen LogP) is 1.82. The zero-order valence-corrected chi connectivity index (χ0v) is 10.2. The molecule has 1 aliphatic rings. The molecular weight excluding hydrogens is 226 g/mol. The Labute approximate surface area is 107 Å². The molecule has 0 radical (unpaired) electrons. The van der Waals surface area contributed by atoms with E-state index in [1.807, 2.05) is 6.07 Å². The quantitative estimate of drug-likeness (QED) is 0.893. The first-order valence-electron chi connectivity index (χ1n) is 6.32. The Morgan fingerprint density at radius 1 is 1.28 bits per heavy atom. The Balaban J connectivity index is 1.78. The third kappa shape index (κ3) is 2.44. The highest BCUT2D eigenvalue weighted by molar-refractivity contribution is 5.20. The Morgan fingerprint density at radius 3 is 2.94 bits per heavy atom. The maximum atomic E-state index is 4.90. The molecule has 2 heterocycles. The molecule has 0 amide bonds. The predicted molar refractivity (Wildman–Crippen MR) is 69.0 cm³/mol. The summed E-state index contributed by atoms with van der Waals surface area (Å²) in [6.07, 6.45) is 1.63. The molecule has 1 aliphatic heterocycles. The zero-order valence-electron chi connectivity index (χ0n) is 10.2. The molecule has 1 atom stereocenters.